The zero-order valence-electron chi connectivity index (χ0n) is 45.7. The Morgan fingerprint density at radius 3 is 1.88 bits per heavy atom. The maximum absolute atomic E-state index is 15.0. The SMILES string of the molecule is CCCCCCCCCCCCCCCC(=O)O[C@H]1CN(CCCCCn2ccc(=O)[nH]c2=O)[C@@H](CO[C@@H]2O[C@H](CN)[C@H]3OC(CC)(CC)O[C@@H]23)C(=O)N[C@@H]1CO[Si](c1ccccc1)(c1ccccc1)C(C)(C)C. The highest BCUT2D eigenvalue weighted by atomic mass is 28.4. The molecule has 0 saturated carbocycles. The van der Waals surface area contributed by atoms with Crippen LogP contribution < -0.4 is 32.7 Å². The maximum atomic E-state index is 15.0. The molecule has 74 heavy (non-hydrogen) atoms. The highest BCUT2D eigenvalue weighted by Gasteiger charge is 2.58. The number of benzene rings is 2. The Morgan fingerprint density at radius 2 is 1.31 bits per heavy atom. The lowest BCUT2D eigenvalue weighted by Crippen LogP contribution is -2.68. The zero-order chi connectivity index (χ0) is 53.0. The number of esters is 1. The second-order valence-corrected chi connectivity index (χ2v) is 26.2. The van der Waals surface area contributed by atoms with Crippen LogP contribution in [0.15, 0.2) is 82.5 Å². The van der Waals surface area contributed by atoms with Crippen LogP contribution in [0.2, 0.25) is 5.04 Å². The summed E-state index contributed by atoms with van der Waals surface area (Å²) in [5, 5.41) is 5.21. The molecule has 15 nitrogen and oxygen atoms in total. The molecule has 1 aromatic heterocycles. The molecule has 3 aliphatic heterocycles. The smallest absolute Gasteiger partial charge is 0.328 e. The molecule has 0 unspecified atom stereocenters. The first-order valence-electron chi connectivity index (χ1n) is 28.4. The number of amides is 1. The van der Waals surface area contributed by atoms with Crippen LogP contribution in [0, 0.1) is 0 Å². The number of aromatic amines is 1. The van der Waals surface area contributed by atoms with Crippen molar-refractivity contribution in [2.75, 3.05) is 32.8 Å². The summed E-state index contributed by atoms with van der Waals surface area (Å²) < 4.78 is 41.5. The van der Waals surface area contributed by atoms with Crippen molar-refractivity contribution < 1.29 is 37.7 Å². The number of unbranched alkanes of at least 4 members (excludes halogenated alkanes) is 14. The average Bonchev–Trinajstić information content (AvgIpc) is 3.90. The van der Waals surface area contributed by atoms with Crippen molar-refractivity contribution >= 4 is 30.6 Å². The number of nitrogens with one attached hydrogen (secondary N) is 2. The van der Waals surface area contributed by atoms with Gasteiger partial charge < -0.3 is 43.7 Å². The summed E-state index contributed by atoms with van der Waals surface area (Å²) in [5.74, 6) is -1.35. The van der Waals surface area contributed by atoms with Crippen LogP contribution in [0.1, 0.15) is 164 Å². The number of rotatable bonds is 32. The second-order valence-electron chi connectivity index (χ2n) is 21.9. The van der Waals surface area contributed by atoms with Gasteiger partial charge >= 0.3 is 11.7 Å². The molecular weight excluding hydrogens is 955 g/mol. The molecule has 1 amide bonds. The van der Waals surface area contributed by atoms with E-state index >= 15 is 4.79 Å². The van der Waals surface area contributed by atoms with Crippen molar-refractivity contribution in [3.8, 4) is 0 Å². The number of nitrogens with two attached hydrogens (primary N) is 1. The van der Waals surface area contributed by atoms with Crippen LogP contribution in [0.3, 0.4) is 0 Å². The molecule has 0 radical (unpaired) electrons. The van der Waals surface area contributed by atoms with Gasteiger partial charge in [-0.05, 0) is 54.1 Å². The van der Waals surface area contributed by atoms with Crippen molar-refractivity contribution in [3.63, 3.8) is 0 Å². The normalized spacial score (nSPS) is 23.1. The third-order valence-corrected chi connectivity index (χ3v) is 20.5. The highest BCUT2D eigenvalue weighted by Crippen LogP contribution is 2.43. The van der Waals surface area contributed by atoms with Crippen molar-refractivity contribution in [1.82, 2.24) is 19.8 Å². The predicted octanol–water partition coefficient (Wildman–Crippen LogP) is 7.85. The van der Waals surface area contributed by atoms with Gasteiger partial charge in [0.15, 0.2) is 12.1 Å². The number of hydrogen-bond acceptors (Lipinski definition) is 12. The van der Waals surface area contributed by atoms with E-state index in [0.29, 0.717) is 38.8 Å². The topological polar surface area (TPSA) is 186 Å². The number of aryl methyl sites for hydroxylation is 1. The molecule has 3 aromatic rings. The first kappa shape index (κ1) is 59.2. The number of fused-ring (bicyclic) bond motifs is 1. The summed E-state index contributed by atoms with van der Waals surface area (Å²) in [5.41, 5.74) is 5.31. The molecule has 4 heterocycles. The fourth-order valence-electron chi connectivity index (χ4n) is 11.2. The van der Waals surface area contributed by atoms with E-state index in [-0.39, 0.29) is 49.6 Å². The van der Waals surface area contributed by atoms with E-state index in [1.807, 2.05) is 50.2 Å². The fraction of sp³-hybridized carbons (Fsp3) is 0.690. The minimum absolute atomic E-state index is 0.0414. The molecule has 0 bridgehead atoms. The van der Waals surface area contributed by atoms with Crippen LogP contribution in [0.25, 0.3) is 0 Å². The number of hydrogen-bond donors (Lipinski definition) is 3. The van der Waals surface area contributed by atoms with Crippen molar-refractivity contribution in [1.29, 1.82) is 0 Å². The molecule has 7 atom stereocenters. The Labute approximate surface area is 442 Å². The lowest BCUT2D eigenvalue weighted by atomic mass is 10.0. The number of carbonyl (C=O) groups is 2. The monoisotopic (exact) mass is 1050 g/mol. The number of H-pyrrole nitrogens is 1. The molecule has 0 spiro atoms. The first-order chi connectivity index (χ1) is 35.8. The molecule has 6 rings (SSSR count). The van der Waals surface area contributed by atoms with E-state index in [2.05, 4.69) is 67.2 Å². The predicted molar refractivity (Wildman–Crippen MR) is 293 cm³/mol. The summed E-state index contributed by atoms with van der Waals surface area (Å²) in [4.78, 5) is 57.7. The molecular formula is C58H91N5O10Si. The quantitative estimate of drug-likeness (QED) is 0.0313. The summed E-state index contributed by atoms with van der Waals surface area (Å²) in [6.07, 6.45) is 17.8. The van der Waals surface area contributed by atoms with E-state index in [9.17, 15) is 14.4 Å². The molecule has 3 aliphatic rings. The zero-order valence-corrected chi connectivity index (χ0v) is 46.7. The summed E-state index contributed by atoms with van der Waals surface area (Å²) in [7, 11) is -3.09. The average molecular weight is 1050 g/mol. The molecule has 3 fully saturated rings. The van der Waals surface area contributed by atoms with Gasteiger partial charge in [-0.3, -0.25) is 24.3 Å². The summed E-state index contributed by atoms with van der Waals surface area (Å²) >= 11 is 0. The largest absolute Gasteiger partial charge is 0.459 e. The van der Waals surface area contributed by atoms with E-state index in [0.717, 1.165) is 36.1 Å². The molecule has 0 aliphatic carbocycles. The van der Waals surface area contributed by atoms with Gasteiger partial charge in [0, 0.05) is 38.3 Å². The van der Waals surface area contributed by atoms with Crippen molar-refractivity contribution in [3.05, 3.63) is 93.8 Å². The van der Waals surface area contributed by atoms with E-state index < -0.39 is 68.1 Å². The van der Waals surface area contributed by atoms with Gasteiger partial charge in [0.05, 0.1) is 19.3 Å². The third-order valence-electron chi connectivity index (χ3n) is 15.5. The van der Waals surface area contributed by atoms with Crippen molar-refractivity contribution in [2.45, 2.75) is 224 Å². The number of carbonyl (C=O) groups excluding carboxylic acids is 2. The van der Waals surface area contributed by atoms with Gasteiger partial charge in [-0.15, -0.1) is 0 Å². The second kappa shape index (κ2) is 29.5. The molecule has 3 saturated heterocycles. The first-order valence-corrected chi connectivity index (χ1v) is 30.3. The molecule has 16 heteroatoms. The van der Waals surface area contributed by atoms with E-state index in [1.165, 1.54) is 81.0 Å². The molecule has 2 aromatic carbocycles. The lowest BCUT2D eigenvalue weighted by molar-refractivity contribution is -0.249. The minimum atomic E-state index is -3.09. The van der Waals surface area contributed by atoms with Gasteiger partial charge in [0.2, 0.25) is 5.91 Å². The molecule has 4 N–H and O–H groups in total. The van der Waals surface area contributed by atoms with Crippen LogP contribution in [-0.4, -0.2) is 116 Å². The highest BCUT2D eigenvalue weighted by molar-refractivity contribution is 6.99. The summed E-state index contributed by atoms with van der Waals surface area (Å²) in [6.45, 7) is 14.4. The Kier molecular flexibility index (Phi) is 23.6. The third kappa shape index (κ3) is 16.0. The van der Waals surface area contributed by atoms with Gasteiger partial charge in [0.25, 0.3) is 13.9 Å². The number of ether oxygens (including phenoxy) is 5. The van der Waals surface area contributed by atoms with E-state index in [1.54, 1.807) is 0 Å². The Bertz CT molecular complexity index is 2200. The van der Waals surface area contributed by atoms with Crippen LogP contribution >= 0.6 is 0 Å². The Hall–Kier alpha value is -4.00. The Balaban J connectivity index is 1.22. The van der Waals surface area contributed by atoms with E-state index in [4.69, 9.17) is 33.8 Å². The van der Waals surface area contributed by atoms with Gasteiger partial charge in [-0.25, -0.2) is 4.79 Å². The number of aromatic nitrogens is 2. The van der Waals surface area contributed by atoms with Gasteiger partial charge in [-0.1, -0.05) is 186 Å². The maximum Gasteiger partial charge on any atom is 0.328 e. The lowest BCUT2D eigenvalue weighted by Gasteiger charge is -2.44. The molecule has 412 valence electrons. The fourth-order valence-corrected chi connectivity index (χ4v) is 15.8. The summed E-state index contributed by atoms with van der Waals surface area (Å²) in [6, 6.07) is 20.6. The van der Waals surface area contributed by atoms with Crippen LogP contribution in [0.5, 0.6) is 0 Å². The van der Waals surface area contributed by atoms with Crippen molar-refractivity contribution in [2.24, 2.45) is 5.73 Å². The van der Waals surface area contributed by atoms with Gasteiger partial charge in [-0.2, -0.15) is 0 Å². The Morgan fingerprint density at radius 1 is 0.743 bits per heavy atom. The minimum Gasteiger partial charge on any atom is -0.459 e. The van der Waals surface area contributed by atoms with Gasteiger partial charge in [0.1, 0.15) is 30.5 Å². The number of nitrogens with zero attached hydrogens (tertiary/aromatic N) is 2. The standard InChI is InChI=1S/C58H91N5O10Si/c1-7-10-11-12-13-14-15-16-17-18-19-20-28-35-51(65)70-49-41-63(38-30-23-29-37-62-39-36-50(64)61-56(62)67)47(43-68-55-53-52(48(40-59)71-55)72-58(8-2,9-3)73-53)54(66)60-46(49)42-69-74(57(4,5)6,44-31-24-21-25-32-44)45-33-26-22-27-34-45/h21-22,24-27,31-34,36,39,46-49,52-53,55H,7-20,23,28-30,35,37-38,40-43,59H2,1-6H3,(H,60,66)(H,61,64,67)/t46-,47+,48-,49+,52-,53-,55-/m1/s1. The van der Waals surface area contributed by atoms with Crippen LogP contribution in [-0.2, 0) is 44.2 Å². The van der Waals surface area contributed by atoms with Crippen LogP contribution in [0.4, 0.5) is 0 Å².